The number of ether oxygens (including phenoxy) is 1. The first-order valence-electron chi connectivity index (χ1n) is 4.49. The number of hydrogen-bond acceptors (Lipinski definition) is 2. The van der Waals surface area contributed by atoms with Crippen LogP contribution in [-0.2, 0) is 9.53 Å². The van der Waals surface area contributed by atoms with Crippen molar-refractivity contribution in [1.82, 2.24) is 0 Å². The van der Waals surface area contributed by atoms with Crippen LogP contribution in [0.25, 0.3) is 0 Å². The molecular formula is C9H18NO2+. The smallest absolute Gasteiger partial charge is 0.302 e. The summed E-state index contributed by atoms with van der Waals surface area (Å²) in [6.45, 7) is 3.70. The number of likely N-dealkylation sites (tertiary alicyclic amines) is 1. The number of quaternary nitrogens is 1. The predicted molar refractivity (Wildman–Crippen MR) is 46.6 cm³/mol. The van der Waals surface area contributed by atoms with Gasteiger partial charge in [0.15, 0.2) is 0 Å². The molecule has 3 heteroatoms. The zero-order valence-electron chi connectivity index (χ0n) is 8.17. The van der Waals surface area contributed by atoms with Gasteiger partial charge in [0.2, 0.25) is 0 Å². The number of hydrogen-bond donors (Lipinski definition) is 0. The fourth-order valence-corrected chi connectivity index (χ4v) is 1.60. The van der Waals surface area contributed by atoms with Gasteiger partial charge in [-0.3, -0.25) is 4.79 Å². The molecule has 0 saturated carbocycles. The van der Waals surface area contributed by atoms with Gasteiger partial charge in [0.25, 0.3) is 0 Å². The van der Waals surface area contributed by atoms with Crippen LogP contribution >= 0.6 is 0 Å². The molecular weight excluding hydrogens is 154 g/mol. The Balaban J connectivity index is 2.31. The average molecular weight is 172 g/mol. The highest BCUT2D eigenvalue weighted by atomic mass is 16.5. The molecule has 0 unspecified atom stereocenters. The lowest BCUT2D eigenvalue weighted by Crippen LogP contribution is -2.48. The van der Waals surface area contributed by atoms with Crippen molar-refractivity contribution < 1.29 is 14.0 Å². The third-order valence-corrected chi connectivity index (χ3v) is 2.45. The van der Waals surface area contributed by atoms with Crippen molar-refractivity contribution in [3.8, 4) is 0 Å². The van der Waals surface area contributed by atoms with Crippen molar-refractivity contribution in [2.45, 2.75) is 25.9 Å². The second-order valence-corrected chi connectivity index (χ2v) is 4.19. The average Bonchev–Trinajstić information content (AvgIpc) is 1.93. The summed E-state index contributed by atoms with van der Waals surface area (Å²) in [4.78, 5) is 10.6. The monoisotopic (exact) mass is 172 g/mol. The molecule has 1 saturated heterocycles. The highest BCUT2D eigenvalue weighted by molar-refractivity contribution is 5.66. The molecule has 0 radical (unpaired) electrons. The first-order valence-corrected chi connectivity index (χ1v) is 4.49. The molecule has 1 heterocycles. The normalized spacial score (nSPS) is 23.6. The fraction of sp³-hybridized carbons (Fsp3) is 0.889. The summed E-state index contributed by atoms with van der Waals surface area (Å²) in [7, 11) is 4.42. The van der Waals surface area contributed by atoms with Gasteiger partial charge in [-0.25, -0.2) is 0 Å². The maximum absolute atomic E-state index is 10.6. The van der Waals surface area contributed by atoms with E-state index in [1.54, 1.807) is 0 Å². The number of esters is 1. The van der Waals surface area contributed by atoms with Crippen LogP contribution in [0.15, 0.2) is 0 Å². The summed E-state index contributed by atoms with van der Waals surface area (Å²) >= 11 is 0. The van der Waals surface area contributed by atoms with E-state index in [-0.39, 0.29) is 12.1 Å². The van der Waals surface area contributed by atoms with Crippen molar-refractivity contribution in [3.05, 3.63) is 0 Å². The Kier molecular flexibility index (Phi) is 2.73. The molecule has 0 aromatic carbocycles. The van der Waals surface area contributed by atoms with Crippen molar-refractivity contribution in [2.24, 2.45) is 0 Å². The van der Waals surface area contributed by atoms with Gasteiger partial charge in [-0.1, -0.05) is 0 Å². The summed E-state index contributed by atoms with van der Waals surface area (Å²) < 4.78 is 6.19. The largest absolute Gasteiger partial charge is 0.462 e. The molecule has 0 aromatic heterocycles. The predicted octanol–water partition coefficient (Wildman–Crippen LogP) is 0.788. The van der Waals surface area contributed by atoms with Crippen molar-refractivity contribution in [3.63, 3.8) is 0 Å². The van der Waals surface area contributed by atoms with Gasteiger partial charge >= 0.3 is 5.97 Å². The van der Waals surface area contributed by atoms with Crippen molar-refractivity contribution >= 4 is 5.97 Å². The van der Waals surface area contributed by atoms with Gasteiger partial charge in [-0.05, 0) is 0 Å². The SMILES string of the molecule is CC(=O)OC1CC[N+](C)(C)CC1. The summed E-state index contributed by atoms with van der Waals surface area (Å²) in [5.41, 5.74) is 0. The lowest BCUT2D eigenvalue weighted by atomic mass is 10.1. The van der Waals surface area contributed by atoms with Gasteiger partial charge in [-0.2, -0.15) is 0 Å². The molecule has 0 amide bonds. The Morgan fingerprint density at radius 1 is 1.33 bits per heavy atom. The Morgan fingerprint density at radius 2 is 1.83 bits per heavy atom. The van der Waals surface area contributed by atoms with E-state index in [1.807, 2.05) is 0 Å². The van der Waals surface area contributed by atoms with E-state index >= 15 is 0 Å². The standard InChI is InChI=1S/C9H18NO2/c1-8(11)12-9-4-6-10(2,3)7-5-9/h9H,4-7H2,1-3H3/q+1. The molecule has 0 bridgehead atoms. The number of carbonyl (C=O) groups excluding carboxylic acids is 1. The van der Waals surface area contributed by atoms with Crippen molar-refractivity contribution in [1.29, 1.82) is 0 Å². The van der Waals surface area contributed by atoms with Gasteiger partial charge in [0.1, 0.15) is 6.10 Å². The molecule has 0 aliphatic carbocycles. The van der Waals surface area contributed by atoms with Gasteiger partial charge in [-0.15, -0.1) is 0 Å². The molecule has 0 aromatic rings. The highest BCUT2D eigenvalue weighted by Crippen LogP contribution is 2.16. The molecule has 1 aliphatic heterocycles. The maximum Gasteiger partial charge on any atom is 0.302 e. The van der Waals surface area contributed by atoms with Gasteiger partial charge in [0, 0.05) is 19.8 Å². The number of nitrogens with zero attached hydrogens (tertiary/aromatic N) is 1. The van der Waals surface area contributed by atoms with Crippen LogP contribution in [0.1, 0.15) is 19.8 Å². The summed E-state index contributed by atoms with van der Waals surface area (Å²) in [6, 6.07) is 0. The molecule has 1 fully saturated rings. The third kappa shape index (κ3) is 2.81. The van der Waals surface area contributed by atoms with Crippen LogP contribution in [0.3, 0.4) is 0 Å². The summed E-state index contributed by atoms with van der Waals surface area (Å²) in [5, 5.41) is 0. The Labute approximate surface area is 73.9 Å². The first-order chi connectivity index (χ1) is 5.49. The molecule has 1 aliphatic rings. The molecule has 0 N–H and O–H groups in total. The molecule has 1 rings (SSSR count). The van der Waals surface area contributed by atoms with Crippen LogP contribution in [0.4, 0.5) is 0 Å². The van der Waals surface area contributed by atoms with E-state index in [2.05, 4.69) is 14.1 Å². The highest BCUT2D eigenvalue weighted by Gasteiger charge is 2.27. The minimum atomic E-state index is -0.146. The maximum atomic E-state index is 10.6. The van der Waals surface area contributed by atoms with Gasteiger partial charge < -0.3 is 9.22 Å². The summed E-state index contributed by atoms with van der Waals surface area (Å²) in [6.07, 6.45) is 2.19. The fourth-order valence-electron chi connectivity index (χ4n) is 1.60. The van der Waals surface area contributed by atoms with Crippen LogP contribution in [0.5, 0.6) is 0 Å². The third-order valence-electron chi connectivity index (χ3n) is 2.45. The lowest BCUT2D eigenvalue weighted by Gasteiger charge is -2.36. The Morgan fingerprint density at radius 3 is 2.25 bits per heavy atom. The zero-order valence-corrected chi connectivity index (χ0v) is 8.17. The second kappa shape index (κ2) is 3.44. The quantitative estimate of drug-likeness (QED) is 0.432. The second-order valence-electron chi connectivity index (χ2n) is 4.19. The molecule has 12 heavy (non-hydrogen) atoms. The number of piperidine rings is 1. The molecule has 0 spiro atoms. The van der Waals surface area contributed by atoms with E-state index in [0.717, 1.165) is 30.4 Å². The van der Waals surface area contributed by atoms with E-state index in [0.29, 0.717) is 0 Å². The van der Waals surface area contributed by atoms with Crippen LogP contribution < -0.4 is 0 Å². The van der Waals surface area contributed by atoms with E-state index in [9.17, 15) is 4.79 Å². The zero-order chi connectivity index (χ0) is 9.19. The Hall–Kier alpha value is -0.570. The topological polar surface area (TPSA) is 26.3 Å². The molecule has 3 nitrogen and oxygen atoms in total. The van der Waals surface area contributed by atoms with Crippen LogP contribution in [0, 0.1) is 0 Å². The van der Waals surface area contributed by atoms with Crippen LogP contribution in [0.2, 0.25) is 0 Å². The minimum absolute atomic E-state index is 0.146. The van der Waals surface area contributed by atoms with E-state index in [4.69, 9.17) is 4.74 Å². The van der Waals surface area contributed by atoms with Crippen LogP contribution in [-0.4, -0.2) is 43.7 Å². The summed E-state index contributed by atoms with van der Waals surface area (Å²) in [5.74, 6) is -0.146. The first kappa shape index (κ1) is 9.52. The molecule has 0 atom stereocenters. The Bertz CT molecular complexity index is 167. The van der Waals surface area contributed by atoms with Crippen molar-refractivity contribution in [2.75, 3.05) is 27.2 Å². The molecule has 70 valence electrons. The van der Waals surface area contributed by atoms with E-state index < -0.39 is 0 Å². The van der Waals surface area contributed by atoms with E-state index in [1.165, 1.54) is 6.92 Å². The minimum Gasteiger partial charge on any atom is -0.462 e. The number of rotatable bonds is 1. The van der Waals surface area contributed by atoms with Gasteiger partial charge in [0.05, 0.1) is 27.2 Å². The lowest BCUT2D eigenvalue weighted by molar-refractivity contribution is -0.896. The number of carbonyl (C=O) groups is 1.